The number of aryl methyl sites for hydroxylation is 1. The lowest BCUT2D eigenvalue weighted by Gasteiger charge is -2.55. The molecular weight excluding hydrogens is 252 g/mol. The zero-order valence-corrected chi connectivity index (χ0v) is 12.8. The van der Waals surface area contributed by atoms with Gasteiger partial charge in [-0.1, -0.05) is 26.8 Å². The highest BCUT2D eigenvalue weighted by atomic mass is 16.6. The number of hydrogen-bond acceptors (Lipinski definition) is 3. The van der Waals surface area contributed by atoms with Crippen LogP contribution in [0.1, 0.15) is 50.7 Å². The molecule has 1 saturated carbocycles. The van der Waals surface area contributed by atoms with Crippen molar-refractivity contribution in [3.05, 3.63) is 39.4 Å². The van der Waals surface area contributed by atoms with E-state index >= 15 is 0 Å². The van der Waals surface area contributed by atoms with Gasteiger partial charge >= 0.3 is 0 Å². The number of non-ortho nitro benzene ring substituents is 1. The van der Waals surface area contributed by atoms with E-state index in [1.165, 1.54) is 0 Å². The topological polar surface area (TPSA) is 55.2 Å². The number of nitro benzene ring substituents is 1. The lowest BCUT2D eigenvalue weighted by atomic mass is 9.53. The van der Waals surface area contributed by atoms with Crippen molar-refractivity contribution < 1.29 is 4.92 Å². The van der Waals surface area contributed by atoms with Crippen LogP contribution >= 0.6 is 0 Å². The van der Waals surface area contributed by atoms with Crippen molar-refractivity contribution in [3.8, 4) is 0 Å². The van der Waals surface area contributed by atoms with E-state index in [4.69, 9.17) is 0 Å². The van der Waals surface area contributed by atoms with Gasteiger partial charge in [-0.25, -0.2) is 0 Å². The second kappa shape index (κ2) is 5.52. The smallest absolute Gasteiger partial charge is 0.269 e. The average molecular weight is 276 g/mol. The fourth-order valence-corrected chi connectivity index (χ4v) is 3.51. The third kappa shape index (κ3) is 2.33. The van der Waals surface area contributed by atoms with Crippen LogP contribution in [0.4, 0.5) is 5.69 Å². The van der Waals surface area contributed by atoms with Crippen molar-refractivity contribution in [2.45, 2.75) is 52.5 Å². The summed E-state index contributed by atoms with van der Waals surface area (Å²) in [5.74, 6) is 0.413. The van der Waals surface area contributed by atoms with Crippen molar-refractivity contribution >= 4 is 5.69 Å². The Morgan fingerprint density at radius 3 is 2.70 bits per heavy atom. The van der Waals surface area contributed by atoms with Gasteiger partial charge in [0.25, 0.3) is 5.69 Å². The molecule has 1 aliphatic carbocycles. The maximum absolute atomic E-state index is 11.0. The molecule has 0 aromatic heterocycles. The van der Waals surface area contributed by atoms with Crippen LogP contribution in [-0.4, -0.2) is 17.5 Å². The molecule has 3 unspecified atom stereocenters. The molecule has 0 heterocycles. The molecular formula is C16H24N2O2. The zero-order chi connectivity index (χ0) is 14.9. The largest absolute Gasteiger partial charge is 0.314 e. The molecule has 0 aliphatic heterocycles. The number of nitrogens with zero attached hydrogens (tertiary/aromatic N) is 1. The minimum absolute atomic E-state index is 0.190. The standard InChI is InChI=1S/C16H24N2O2/c1-5-16(4)14(10-15(16)17-6-2)13-9-12(18(19)20)8-7-11(13)3/h7-9,14-15,17H,5-6,10H2,1-4H3. The Kier molecular flexibility index (Phi) is 4.14. The molecule has 1 aliphatic rings. The molecule has 0 radical (unpaired) electrons. The fourth-order valence-electron chi connectivity index (χ4n) is 3.51. The Morgan fingerprint density at radius 2 is 2.15 bits per heavy atom. The second-order valence-electron chi connectivity index (χ2n) is 6.06. The summed E-state index contributed by atoms with van der Waals surface area (Å²) in [4.78, 5) is 10.7. The molecule has 0 bridgehead atoms. The molecule has 0 saturated heterocycles. The lowest BCUT2D eigenvalue weighted by molar-refractivity contribution is -0.385. The lowest BCUT2D eigenvalue weighted by Crippen LogP contribution is -2.56. The van der Waals surface area contributed by atoms with E-state index < -0.39 is 0 Å². The van der Waals surface area contributed by atoms with Crippen molar-refractivity contribution in [2.75, 3.05) is 6.54 Å². The number of nitrogens with one attached hydrogen (secondary N) is 1. The maximum Gasteiger partial charge on any atom is 0.269 e. The van der Waals surface area contributed by atoms with Gasteiger partial charge in [-0.3, -0.25) is 10.1 Å². The van der Waals surface area contributed by atoms with Crippen LogP contribution in [0.2, 0.25) is 0 Å². The van der Waals surface area contributed by atoms with E-state index in [2.05, 4.69) is 33.0 Å². The summed E-state index contributed by atoms with van der Waals surface area (Å²) in [6, 6.07) is 5.77. The quantitative estimate of drug-likeness (QED) is 0.657. The SMILES string of the molecule is CCNC1CC(c2cc([N+](=O)[O-])ccc2C)C1(C)CC. The predicted octanol–water partition coefficient (Wildman–Crippen LogP) is 3.78. The Balaban J connectivity index is 2.33. The molecule has 110 valence electrons. The highest BCUT2D eigenvalue weighted by Crippen LogP contribution is 2.55. The number of nitro groups is 1. The van der Waals surface area contributed by atoms with Crippen LogP contribution in [0.5, 0.6) is 0 Å². The molecule has 0 spiro atoms. The summed E-state index contributed by atoms with van der Waals surface area (Å²) < 4.78 is 0. The first-order valence-corrected chi connectivity index (χ1v) is 7.42. The molecule has 3 atom stereocenters. The minimum Gasteiger partial charge on any atom is -0.314 e. The Bertz CT molecular complexity index is 515. The van der Waals surface area contributed by atoms with E-state index in [0.717, 1.165) is 30.5 Å². The minimum atomic E-state index is -0.299. The van der Waals surface area contributed by atoms with Gasteiger partial charge < -0.3 is 5.32 Å². The van der Waals surface area contributed by atoms with Crippen LogP contribution in [0, 0.1) is 22.5 Å². The summed E-state index contributed by atoms with van der Waals surface area (Å²) in [6.45, 7) is 9.66. The molecule has 4 nitrogen and oxygen atoms in total. The van der Waals surface area contributed by atoms with E-state index in [1.807, 2.05) is 6.07 Å². The van der Waals surface area contributed by atoms with Crippen LogP contribution in [0.3, 0.4) is 0 Å². The third-order valence-electron chi connectivity index (χ3n) is 5.12. The Hall–Kier alpha value is -1.42. The summed E-state index contributed by atoms with van der Waals surface area (Å²) in [6.07, 6.45) is 2.15. The molecule has 0 amide bonds. The highest BCUT2D eigenvalue weighted by molar-refractivity contribution is 5.43. The number of benzene rings is 1. The molecule has 1 aromatic rings. The Labute approximate surface area is 120 Å². The maximum atomic E-state index is 11.0. The first kappa shape index (κ1) is 15.0. The van der Waals surface area contributed by atoms with E-state index in [1.54, 1.807) is 12.1 Å². The van der Waals surface area contributed by atoms with E-state index in [-0.39, 0.29) is 16.0 Å². The van der Waals surface area contributed by atoms with Crippen LogP contribution < -0.4 is 5.32 Å². The summed E-state index contributed by atoms with van der Waals surface area (Å²) >= 11 is 0. The third-order valence-corrected chi connectivity index (χ3v) is 5.12. The monoisotopic (exact) mass is 276 g/mol. The van der Waals surface area contributed by atoms with Crippen molar-refractivity contribution in [1.29, 1.82) is 0 Å². The van der Waals surface area contributed by atoms with Crippen LogP contribution in [0.15, 0.2) is 18.2 Å². The van der Waals surface area contributed by atoms with Gasteiger partial charge in [0.1, 0.15) is 0 Å². The van der Waals surface area contributed by atoms with E-state index in [0.29, 0.717) is 12.0 Å². The summed E-state index contributed by atoms with van der Waals surface area (Å²) in [7, 11) is 0. The van der Waals surface area contributed by atoms with Gasteiger partial charge in [0.2, 0.25) is 0 Å². The van der Waals surface area contributed by atoms with Crippen LogP contribution in [-0.2, 0) is 0 Å². The normalized spacial score (nSPS) is 29.0. The van der Waals surface area contributed by atoms with Gasteiger partial charge in [-0.2, -0.15) is 0 Å². The van der Waals surface area contributed by atoms with Gasteiger partial charge in [-0.05, 0) is 48.8 Å². The number of hydrogen-bond donors (Lipinski definition) is 1. The Morgan fingerprint density at radius 1 is 1.45 bits per heavy atom. The van der Waals surface area contributed by atoms with Crippen molar-refractivity contribution in [3.63, 3.8) is 0 Å². The van der Waals surface area contributed by atoms with E-state index in [9.17, 15) is 10.1 Å². The molecule has 2 rings (SSSR count). The molecule has 1 fully saturated rings. The van der Waals surface area contributed by atoms with Crippen LogP contribution in [0.25, 0.3) is 0 Å². The van der Waals surface area contributed by atoms with Crippen molar-refractivity contribution in [2.24, 2.45) is 5.41 Å². The first-order chi connectivity index (χ1) is 9.43. The summed E-state index contributed by atoms with van der Waals surface area (Å²) in [5.41, 5.74) is 2.71. The number of rotatable bonds is 5. The van der Waals surface area contributed by atoms with Gasteiger partial charge in [0.15, 0.2) is 0 Å². The zero-order valence-electron chi connectivity index (χ0n) is 12.8. The molecule has 1 aromatic carbocycles. The van der Waals surface area contributed by atoms with Gasteiger partial charge in [0.05, 0.1) is 4.92 Å². The summed E-state index contributed by atoms with van der Waals surface area (Å²) in [5, 5.41) is 14.5. The van der Waals surface area contributed by atoms with Gasteiger partial charge in [0, 0.05) is 18.2 Å². The molecule has 20 heavy (non-hydrogen) atoms. The highest BCUT2D eigenvalue weighted by Gasteiger charge is 2.50. The fraction of sp³-hybridized carbons (Fsp3) is 0.625. The van der Waals surface area contributed by atoms with Gasteiger partial charge in [-0.15, -0.1) is 0 Å². The molecule has 4 heteroatoms. The molecule has 1 N–H and O–H groups in total. The second-order valence-corrected chi connectivity index (χ2v) is 6.06. The first-order valence-electron chi connectivity index (χ1n) is 7.42. The predicted molar refractivity (Wildman–Crippen MR) is 81.1 cm³/mol. The average Bonchev–Trinajstić information content (AvgIpc) is 2.43. The van der Waals surface area contributed by atoms with Crippen molar-refractivity contribution in [1.82, 2.24) is 5.32 Å².